The Bertz CT molecular complexity index is 797. The normalized spacial score (nSPS) is 24.4. The zero-order chi connectivity index (χ0) is 18.4. The van der Waals surface area contributed by atoms with Crippen molar-refractivity contribution in [2.24, 2.45) is 17.6 Å². The zero-order valence-electron chi connectivity index (χ0n) is 14.5. The van der Waals surface area contributed by atoms with Gasteiger partial charge in [0, 0.05) is 32.2 Å². The molecular weight excluding hydrogens is 362 g/mol. The average Bonchev–Trinajstić information content (AvgIpc) is 2.97. The lowest BCUT2D eigenvalue weighted by Crippen LogP contribution is -2.45. The first kappa shape index (κ1) is 18.6. The summed E-state index contributed by atoms with van der Waals surface area (Å²) in [5.74, 6) is 0.502. The van der Waals surface area contributed by atoms with Crippen molar-refractivity contribution < 1.29 is 13.2 Å². The third kappa shape index (κ3) is 3.30. The van der Waals surface area contributed by atoms with Gasteiger partial charge in [-0.15, -0.1) is 0 Å². The molecule has 0 aromatic heterocycles. The largest absolute Gasteiger partial charge is 0.330 e. The van der Waals surface area contributed by atoms with Gasteiger partial charge >= 0.3 is 0 Å². The van der Waals surface area contributed by atoms with E-state index in [1.54, 1.807) is 17.0 Å². The average molecular weight is 386 g/mol. The maximum Gasteiger partial charge on any atom is 0.244 e. The highest BCUT2D eigenvalue weighted by Gasteiger charge is 2.35. The number of halogens is 1. The summed E-state index contributed by atoms with van der Waals surface area (Å²) in [4.78, 5) is 13.5. The minimum atomic E-state index is -3.68. The molecule has 2 aliphatic heterocycles. The van der Waals surface area contributed by atoms with Crippen molar-refractivity contribution in [3.8, 4) is 0 Å². The van der Waals surface area contributed by atoms with Crippen molar-refractivity contribution in [2.75, 3.05) is 31.1 Å². The van der Waals surface area contributed by atoms with E-state index >= 15 is 0 Å². The first-order valence-electron chi connectivity index (χ1n) is 8.56. The summed E-state index contributed by atoms with van der Waals surface area (Å²) in [6.07, 6.45) is 1.43. The van der Waals surface area contributed by atoms with Crippen molar-refractivity contribution in [2.45, 2.75) is 31.6 Å². The molecule has 1 fully saturated rings. The van der Waals surface area contributed by atoms with E-state index in [0.29, 0.717) is 44.2 Å². The molecule has 138 valence electrons. The van der Waals surface area contributed by atoms with Gasteiger partial charge in [0.2, 0.25) is 15.9 Å². The van der Waals surface area contributed by atoms with Gasteiger partial charge in [0.25, 0.3) is 0 Å². The molecule has 2 unspecified atom stereocenters. The number of hydrogen-bond donors (Lipinski definition) is 1. The van der Waals surface area contributed by atoms with Gasteiger partial charge in [-0.3, -0.25) is 4.79 Å². The summed E-state index contributed by atoms with van der Waals surface area (Å²) >= 11 is 6.31. The molecule has 2 heterocycles. The Morgan fingerprint density at radius 3 is 2.72 bits per heavy atom. The zero-order valence-corrected chi connectivity index (χ0v) is 16.1. The van der Waals surface area contributed by atoms with Gasteiger partial charge in [-0.1, -0.05) is 18.5 Å². The van der Waals surface area contributed by atoms with Crippen LogP contribution in [-0.4, -0.2) is 44.8 Å². The predicted octanol–water partition coefficient (Wildman–Crippen LogP) is 1.85. The van der Waals surface area contributed by atoms with Gasteiger partial charge in [-0.2, -0.15) is 4.31 Å². The quantitative estimate of drug-likeness (QED) is 0.860. The highest BCUT2D eigenvalue weighted by molar-refractivity contribution is 7.89. The van der Waals surface area contributed by atoms with E-state index in [9.17, 15) is 13.2 Å². The second-order valence-electron chi connectivity index (χ2n) is 6.96. The smallest absolute Gasteiger partial charge is 0.244 e. The molecule has 3 rings (SSSR count). The molecule has 2 N–H and O–H groups in total. The van der Waals surface area contributed by atoms with Crippen molar-refractivity contribution in [3.05, 3.63) is 22.7 Å². The Hall–Kier alpha value is -1.15. The van der Waals surface area contributed by atoms with Gasteiger partial charge in [0.1, 0.15) is 4.90 Å². The van der Waals surface area contributed by atoms with Gasteiger partial charge in [0.15, 0.2) is 0 Å². The van der Waals surface area contributed by atoms with E-state index in [2.05, 4.69) is 6.92 Å². The molecule has 0 saturated carbocycles. The lowest BCUT2D eigenvalue weighted by molar-refractivity contribution is -0.116. The third-order valence-corrected chi connectivity index (χ3v) is 7.74. The fourth-order valence-corrected chi connectivity index (χ4v) is 5.75. The SMILES string of the molecule is CC(=O)N1CCc2cc(S(=O)(=O)N3CCC(C)C(CN)C3)c(Cl)cc21. The monoisotopic (exact) mass is 385 g/mol. The second kappa shape index (κ2) is 6.87. The fourth-order valence-electron chi connectivity index (χ4n) is 3.69. The van der Waals surface area contributed by atoms with Crippen LogP contribution in [0.1, 0.15) is 25.8 Å². The minimum Gasteiger partial charge on any atom is -0.330 e. The maximum absolute atomic E-state index is 13.1. The fraction of sp³-hybridized carbons (Fsp3) is 0.588. The molecule has 1 saturated heterocycles. The number of nitrogens with two attached hydrogens (primary N) is 1. The number of anilines is 1. The lowest BCUT2D eigenvalue weighted by atomic mass is 9.88. The molecule has 25 heavy (non-hydrogen) atoms. The molecule has 1 aromatic carbocycles. The molecule has 1 amide bonds. The van der Waals surface area contributed by atoms with Crippen LogP contribution in [0, 0.1) is 11.8 Å². The van der Waals surface area contributed by atoms with E-state index in [1.165, 1.54) is 11.2 Å². The van der Waals surface area contributed by atoms with Crippen LogP contribution >= 0.6 is 11.6 Å². The van der Waals surface area contributed by atoms with Crippen molar-refractivity contribution >= 4 is 33.2 Å². The lowest BCUT2D eigenvalue weighted by Gasteiger charge is -2.35. The van der Waals surface area contributed by atoms with E-state index in [1.807, 2.05) is 0 Å². The summed E-state index contributed by atoms with van der Waals surface area (Å²) in [7, 11) is -3.68. The number of benzene rings is 1. The predicted molar refractivity (Wildman–Crippen MR) is 98.3 cm³/mol. The topological polar surface area (TPSA) is 83.7 Å². The minimum absolute atomic E-state index is 0.0683. The van der Waals surface area contributed by atoms with Crippen molar-refractivity contribution in [3.63, 3.8) is 0 Å². The van der Waals surface area contributed by atoms with Crippen LogP contribution in [0.5, 0.6) is 0 Å². The molecule has 2 atom stereocenters. The Kier molecular flexibility index (Phi) is 5.12. The van der Waals surface area contributed by atoms with Gasteiger partial charge in [0.05, 0.1) is 5.02 Å². The second-order valence-corrected chi connectivity index (χ2v) is 9.27. The van der Waals surface area contributed by atoms with E-state index in [0.717, 1.165) is 12.0 Å². The highest BCUT2D eigenvalue weighted by Crippen LogP contribution is 2.37. The Morgan fingerprint density at radius 2 is 2.08 bits per heavy atom. The molecular formula is C17H24ClN3O3S. The third-order valence-electron chi connectivity index (χ3n) is 5.41. The van der Waals surface area contributed by atoms with Crippen LogP contribution in [-0.2, 0) is 21.2 Å². The number of carbonyl (C=O) groups excluding carboxylic acids is 1. The number of piperidine rings is 1. The summed E-state index contributed by atoms with van der Waals surface area (Å²) in [5.41, 5.74) is 7.36. The van der Waals surface area contributed by atoms with Crippen molar-refractivity contribution in [1.82, 2.24) is 4.31 Å². The molecule has 0 radical (unpaired) electrons. The van der Waals surface area contributed by atoms with Crippen LogP contribution in [0.3, 0.4) is 0 Å². The van der Waals surface area contributed by atoms with E-state index in [-0.39, 0.29) is 21.7 Å². The molecule has 6 nitrogen and oxygen atoms in total. The van der Waals surface area contributed by atoms with Gasteiger partial charge < -0.3 is 10.6 Å². The van der Waals surface area contributed by atoms with Gasteiger partial charge in [-0.05, 0) is 48.9 Å². The Labute approximate surface area is 154 Å². The molecule has 0 bridgehead atoms. The number of rotatable bonds is 3. The highest BCUT2D eigenvalue weighted by atomic mass is 35.5. The molecule has 0 spiro atoms. The number of carbonyl (C=O) groups is 1. The molecule has 2 aliphatic rings. The summed E-state index contributed by atoms with van der Waals surface area (Å²) in [6.45, 7) is 5.54. The van der Waals surface area contributed by atoms with E-state index in [4.69, 9.17) is 17.3 Å². The Morgan fingerprint density at radius 1 is 1.36 bits per heavy atom. The number of amides is 1. The van der Waals surface area contributed by atoms with Crippen LogP contribution in [0.25, 0.3) is 0 Å². The number of fused-ring (bicyclic) bond motifs is 1. The summed E-state index contributed by atoms with van der Waals surface area (Å²) in [5, 5.41) is 0.162. The standard InChI is InChI=1S/C17H24ClN3O3S/c1-11-3-5-20(10-14(11)9-19)25(23,24)17-7-13-4-6-21(12(2)22)16(13)8-15(17)18/h7-8,11,14H,3-6,9-10,19H2,1-2H3. The van der Waals surface area contributed by atoms with Crippen LogP contribution in [0.4, 0.5) is 5.69 Å². The van der Waals surface area contributed by atoms with E-state index < -0.39 is 10.0 Å². The van der Waals surface area contributed by atoms with Crippen LogP contribution in [0.15, 0.2) is 17.0 Å². The van der Waals surface area contributed by atoms with Crippen LogP contribution < -0.4 is 10.6 Å². The first-order chi connectivity index (χ1) is 11.8. The Balaban J connectivity index is 1.95. The first-order valence-corrected chi connectivity index (χ1v) is 10.4. The number of hydrogen-bond acceptors (Lipinski definition) is 4. The van der Waals surface area contributed by atoms with Crippen LogP contribution in [0.2, 0.25) is 5.02 Å². The number of nitrogens with zero attached hydrogens (tertiary/aromatic N) is 2. The molecule has 0 aliphatic carbocycles. The van der Waals surface area contributed by atoms with Crippen molar-refractivity contribution in [1.29, 1.82) is 0 Å². The molecule has 1 aromatic rings. The number of sulfonamides is 1. The van der Waals surface area contributed by atoms with Gasteiger partial charge in [-0.25, -0.2) is 8.42 Å². The summed E-state index contributed by atoms with van der Waals surface area (Å²) in [6, 6.07) is 3.23. The maximum atomic E-state index is 13.1. The summed E-state index contributed by atoms with van der Waals surface area (Å²) < 4.78 is 27.7. The molecule has 8 heteroatoms.